The summed E-state index contributed by atoms with van der Waals surface area (Å²) in [5.74, 6) is 0.0231. The van der Waals surface area contributed by atoms with Crippen molar-refractivity contribution in [1.82, 2.24) is 10.2 Å². The average molecular weight is 378 g/mol. The fourth-order valence-electron chi connectivity index (χ4n) is 2.95. The van der Waals surface area contributed by atoms with Crippen LogP contribution in [0, 0.1) is 0 Å². The minimum Gasteiger partial charge on any atom is -0.383 e. The van der Waals surface area contributed by atoms with E-state index in [9.17, 15) is 4.79 Å². The van der Waals surface area contributed by atoms with Gasteiger partial charge in [-0.25, -0.2) is 0 Å². The number of halogens is 2. The van der Waals surface area contributed by atoms with Gasteiger partial charge in [-0.05, 0) is 24.9 Å². The Labute approximate surface area is 157 Å². The van der Waals surface area contributed by atoms with Crippen LogP contribution >= 0.6 is 24.8 Å². The molecular weight excluding hydrogens is 349 g/mol. The van der Waals surface area contributed by atoms with Crippen molar-refractivity contribution in [3.05, 3.63) is 35.9 Å². The molecule has 0 spiro atoms. The number of ether oxygens (including phenoxy) is 1. The SMILES string of the molecule is COCCN1CCCC1CNC(=O)CC(N)c1ccccc1.Cl.Cl. The highest BCUT2D eigenvalue weighted by Gasteiger charge is 2.24. The van der Waals surface area contributed by atoms with Gasteiger partial charge in [0, 0.05) is 38.7 Å². The molecule has 1 amide bonds. The van der Waals surface area contributed by atoms with Crippen molar-refractivity contribution in [3.63, 3.8) is 0 Å². The van der Waals surface area contributed by atoms with Crippen LogP contribution in [-0.2, 0) is 9.53 Å². The van der Waals surface area contributed by atoms with Crippen LogP contribution in [0.2, 0.25) is 0 Å². The van der Waals surface area contributed by atoms with Crippen LogP contribution in [0.5, 0.6) is 0 Å². The fraction of sp³-hybridized carbons (Fsp3) is 0.588. The Kier molecular flexibility index (Phi) is 12.1. The van der Waals surface area contributed by atoms with E-state index in [4.69, 9.17) is 10.5 Å². The van der Waals surface area contributed by atoms with Crippen molar-refractivity contribution in [2.24, 2.45) is 5.73 Å². The highest BCUT2D eigenvalue weighted by atomic mass is 35.5. The number of hydrogen-bond donors (Lipinski definition) is 2. The van der Waals surface area contributed by atoms with Gasteiger partial charge in [-0.15, -0.1) is 24.8 Å². The van der Waals surface area contributed by atoms with E-state index in [1.54, 1.807) is 7.11 Å². The number of hydrogen-bond acceptors (Lipinski definition) is 4. The first-order valence-electron chi connectivity index (χ1n) is 8.01. The van der Waals surface area contributed by atoms with Crippen molar-refractivity contribution < 1.29 is 9.53 Å². The first-order chi connectivity index (χ1) is 10.7. The summed E-state index contributed by atoms with van der Waals surface area (Å²) in [4.78, 5) is 14.5. The molecule has 7 heteroatoms. The molecule has 1 aliphatic rings. The van der Waals surface area contributed by atoms with Crippen LogP contribution in [0.4, 0.5) is 0 Å². The zero-order chi connectivity index (χ0) is 15.8. The van der Waals surface area contributed by atoms with Crippen molar-refractivity contribution in [3.8, 4) is 0 Å². The lowest BCUT2D eigenvalue weighted by Crippen LogP contribution is -2.41. The first kappa shape index (κ1) is 23.1. The van der Waals surface area contributed by atoms with Gasteiger partial charge in [-0.3, -0.25) is 9.69 Å². The van der Waals surface area contributed by atoms with E-state index < -0.39 is 0 Å². The molecule has 2 unspecified atom stereocenters. The first-order valence-corrected chi connectivity index (χ1v) is 8.01. The Morgan fingerprint density at radius 2 is 2.08 bits per heavy atom. The molecule has 1 fully saturated rings. The summed E-state index contributed by atoms with van der Waals surface area (Å²) >= 11 is 0. The van der Waals surface area contributed by atoms with Crippen molar-refractivity contribution in [2.75, 3.05) is 33.4 Å². The maximum absolute atomic E-state index is 12.1. The number of methoxy groups -OCH3 is 1. The molecule has 1 aromatic rings. The summed E-state index contributed by atoms with van der Waals surface area (Å²) in [6.07, 6.45) is 2.65. The molecule has 1 saturated heterocycles. The lowest BCUT2D eigenvalue weighted by molar-refractivity contribution is -0.121. The third-order valence-corrected chi connectivity index (χ3v) is 4.25. The Morgan fingerprint density at radius 1 is 1.38 bits per heavy atom. The molecule has 0 radical (unpaired) electrons. The summed E-state index contributed by atoms with van der Waals surface area (Å²) in [5, 5.41) is 3.03. The van der Waals surface area contributed by atoms with Gasteiger partial charge >= 0.3 is 0 Å². The molecule has 2 rings (SSSR count). The summed E-state index contributed by atoms with van der Waals surface area (Å²) < 4.78 is 5.13. The summed E-state index contributed by atoms with van der Waals surface area (Å²) in [6.45, 7) is 3.46. The van der Waals surface area contributed by atoms with E-state index in [1.165, 1.54) is 6.42 Å². The van der Waals surface area contributed by atoms with E-state index in [1.807, 2.05) is 30.3 Å². The van der Waals surface area contributed by atoms with E-state index >= 15 is 0 Å². The van der Waals surface area contributed by atoms with E-state index in [2.05, 4.69) is 10.2 Å². The van der Waals surface area contributed by atoms with Gasteiger partial charge in [0.2, 0.25) is 5.91 Å². The predicted octanol–water partition coefficient (Wildman–Crippen LogP) is 2.15. The molecule has 0 aromatic heterocycles. The minimum atomic E-state index is -0.241. The molecule has 24 heavy (non-hydrogen) atoms. The highest BCUT2D eigenvalue weighted by molar-refractivity contribution is 5.85. The molecule has 1 heterocycles. The van der Waals surface area contributed by atoms with Crippen LogP contribution in [-0.4, -0.2) is 50.2 Å². The standard InChI is InChI=1S/C17H27N3O2.2ClH/c1-22-11-10-20-9-5-8-15(20)13-19-17(21)12-16(18)14-6-3-2-4-7-14;;/h2-4,6-7,15-16H,5,8-13,18H2,1H3,(H,19,21);2*1H. The highest BCUT2D eigenvalue weighted by Crippen LogP contribution is 2.16. The molecule has 1 aliphatic heterocycles. The minimum absolute atomic E-state index is 0. The Balaban J connectivity index is 0.00000264. The van der Waals surface area contributed by atoms with Crippen molar-refractivity contribution in [1.29, 1.82) is 0 Å². The molecule has 2 atom stereocenters. The number of likely N-dealkylation sites (tertiary alicyclic amines) is 1. The van der Waals surface area contributed by atoms with E-state index in [0.29, 0.717) is 19.0 Å². The number of nitrogens with zero attached hydrogens (tertiary/aromatic N) is 1. The average Bonchev–Trinajstić information content (AvgIpc) is 2.99. The molecule has 0 aliphatic carbocycles. The third kappa shape index (κ3) is 7.36. The van der Waals surface area contributed by atoms with Crippen LogP contribution in [0.25, 0.3) is 0 Å². The van der Waals surface area contributed by atoms with Gasteiger partial charge in [0.15, 0.2) is 0 Å². The van der Waals surface area contributed by atoms with Crippen molar-refractivity contribution in [2.45, 2.75) is 31.3 Å². The molecule has 0 saturated carbocycles. The van der Waals surface area contributed by atoms with Crippen LogP contribution in [0.15, 0.2) is 30.3 Å². The lowest BCUT2D eigenvalue weighted by Gasteiger charge is -2.24. The van der Waals surface area contributed by atoms with Crippen LogP contribution < -0.4 is 11.1 Å². The van der Waals surface area contributed by atoms with Crippen LogP contribution in [0.1, 0.15) is 30.9 Å². The maximum atomic E-state index is 12.1. The summed E-state index contributed by atoms with van der Waals surface area (Å²) in [5.41, 5.74) is 7.09. The van der Waals surface area contributed by atoms with E-state index in [0.717, 1.165) is 31.7 Å². The zero-order valence-electron chi connectivity index (χ0n) is 14.1. The summed E-state index contributed by atoms with van der Waals surface area (Å²) in [6, 6.07) is 9.94. The second-order valence-corrected chi connectivity index (χ2v) is 5.85. The second-order valence-electron chi connectivity index (χ2n) is 5.85. The van der Waals surface area contributed by atoms with Gasteiger partial charge < -0.3 is 15.8 Å². The van der Waals surface area contributed by atoms with Gasteiger partial charge in [-0.2, -0.15) is 0 Å². The van der Waals surface area contributed by atoms with Crippen molar-refractivity contribution >= 4 is 30.7 Å². The maximum Gasteiger partial charge on any atom is 0.221 e. The quantitative estimate of drug-likeness (QED) is 0.728. The largest absolute Gasteiger partial charge is 0.383 e. The van der Waals surface area contributed by atoms with Gasteiger partial charge in [0.05, 0.1) is 6.61 Å². The fourth-order valence-corrected chi connectivity index (χ4v) is 2.95. The number of amides is 1. The molecule has 1 aromatic carbocycles. The van der Waals surface area contributed by atoms with Gasteiger partial charge in [0.25, 0.3) is 0 Å². The number of carbonyl (C=O) groups is 1. The number of benzene rings is 1. The monoisotopic (exact) mass is 377 g/mol. The lowest BCUT2D eigenvalue weighted by atomic mass is 10.0. The molecular formula is C17H29Cl2N3O2. The zero-order valence-corrected chi connectivity index (χ0v) is 15.8. The van der Waals surface area contributed by atoms with Gasteiger partial charge in [-0.1, -0.05) is 30.3 Å². The number of rotatable bonds is 8. The molecule has 3 N–H and O–H groups in total. The normalized spacial score (nSPS) is 18.3. The molecule has 5 nitrogen and oxygen atoms in total. The van der Waals surface area contributed by atoms with Gasteiger partial charge in [0.1, 0.15) is 0 Å². The summed E-state index contributed by atoms with van der Waals surface area (Å²) in [7, 11) is 1.72. The number of carbonyl (C=O) groups excluding carboxylic acids is 1. The Hall–Kier alpha value is -0.850. The Bertz CT molecular complexity index is 462. The van der Waals surface area contributed by atoms with Crippen LogP contribution in [0.3, 0.4) is 0 Å². The number of nitrogens with two attached hydrogens (primary N) is 1. The van der Waals surface area contributed by atoms with E-state index in [-0.39, 0.29) is 36.8 Å². The molecule has 138 valence electrons. The Morgan fingerprint density at radius 3 is 2.75 bits per heavy atom. The smallest absolute Gasteiger partial charge is 0.221 e. The molecule has 0 bridgehead atoms. The number of nitrogens with one attached hydrogen (secondary N) is 1. The predicted molar refractivity (Wildman–Crippen MR) is 102 cm³/mol. The topological polar surface area (TPSA) is 67.6 Å². The third-order valence-electron chi connectivity index (χ3n) is 4.25. The second kappa shape index (κ2) is 12.5.